The molecule has 0 aliphatic heterocycles. The zero-order valence-corrected chi connectivity index (χ0v) is 13.6. The third-order valence-electron chi connectivity index (χ3n) is 2.50. The Morgan fingerprint density at radius 2 is 1.73 bits per heavy atom. The van der Waals surface area contributed by atoms with E-state index in [1.165, 1.54) is 18.2 Å². The van der Waals surface area contributed by atoms with Crippen LogP contribution in [0.15, 0.2) is 36.4 Å². The van der Waals surface area contributed by atoms with Gasteiger partial charge in [0.1, 0.15) is 10.8 Å². The molecule has 116 valence electrons. The highest BCUT2D eigenvalue weighted by molar-refractivity contribution is 7.92. The molecule has 2 N–H and O–H groups in total. The molecule has 0 aliphatic rings. The van der Waals surface area contributed by atoms with E-state index in [2.05, 4.69) is 15.0 Å². The molecule has 0 radical (unpaired) electrons. The van der Waals surface area contributed by atoms with E-state index in [9.17, 15) is 13.2 Å². The Hall–Kier alpha value is -1.83. The van der Waals surface area contributed by atoms with Gasteiger partial charge in [-0.1, -0.05) is 35.3 Å². The van der Waals surface area contributed by atoms with Crippen LogP contribution in [0.2, 0.25) is 10.2 Å². The SMILES string of the molecule is CS(=O)(=O)Nc1ccccc1NC(=O)c1nc(Cl)ccc1Cl. The number of nitrogens with zero attached hydrogens (tertiary/aromatic N) is 1. The molecule has 0 aliphatic carbocycles. The molecule has 1 heterocycles. The lowest BCUT2D eigenvalue weighted by molar-refractivity contribution is 0.102. The number of nitrogens with one attached hydrogen (secondary N) is 2. The number of hydrogen-bond acceptors (Lipinski definition) is 4. The van der Waals surface area contributed by atoms with Gasteiger partial charge in [0, 0.05) is 0 Å². The molecule has 1 amide bonds. The van der Waals surface area contributed by atoms with E-state index >= 15 is 0 Å². The van der Waals surface area contributed by atoms with Gasteiger partial charge in [0.2, 0.25) is 10.0 Å². The molecule has 0 spiro atoms. The van der Waals surface area contributed by atoms with Crippen molar-refractivity contribution in [2.24, 2.45) is 0 Å². The molecule has 2 aromatic rings. The molecule has 6 nitrogen and oxygen atoms in total. The second-order valence-corrected chi connectivity index (χ2v) is 6.88. The Balaban J connectivity index is 2.31. The number of benzene rings is 1. The first-order valence-electron chi connectivity index (χ1n) is 5.96. The molecule has 0 saturated carbocycles. The van der Waals surface area contributed by atoms with Crippen molar-refractivity contribution in [3.8, 4) is 0 Å². The molecule has 9 heteroatoms. The summed E-state index contributed by atoms with van der Waals surface area (Å²) in [6, 6.07) is 9.25. The number of carbonyl (C=O) groups excluding carboxylic acids is 1. The summed E-state index contributed by atoms with van der Waals surface area (Å²) in [7, 11) is -3.48. The normalized spacial score (nSPS) is 11.0. The summed E-state index contributed by atoms with van der Waals surface area (Å²) in [5, 5.41) is 2.80. The standard InChI is InChI=1S/C13H11Cl2N3O3S/c1-22(20,21)18-10-5-3-2-4-9(10)16-13(19)12-8(14)6-7-11(15)17-12/h2-7,18H,1H3,(H,16,19). The van der Waals surface area contributed by atoms with Gasteiger partial charge in [-0.05, 0) is 24.3 Å². The first-order valence-corrected chi connectivity index (χ1v) is 8.61. The van der Waals surface area contributed by atoms with E-state index in [4.69, 9.17) is 23.2 Å². The van der Waals surface area contributed by atoms with Gasteiger partial charge in [-0.3, -0.25) is 9.52 Å². The van der Waals surface area contributed by atoms with Crippen molar-refractivity contribution >= 4 is 50.5 Å². The molecule has 1 aromatic heterocycles. The van der Waals surface area contributed by atoms with Gasteiger partial charge >= 0.3 is 0 Å². The number of halogens is 2. The zero-order valence-electron chi connectivity index (χ0n) is 11.3. The number of aromatic nitrogens is 1. The minimum Gasteiger partial charge on any atom is -0.319 e. The zero-order chi connectivity index (χ0) is 16.3. The van der Waals surface area contributed by atoms with Gasteiger partial charge in [-0.15, -0.1) is 0 Å². The number of para-hydroxylation sites is 2. The Bertz CT molecular complexity index is 825. The molecule has 0 bridgehead atoms. The highest BCUT2D eigenvalue weighted by Gasteiger charge is 2.15. The quantitative estimate of drug-likeness (QED) is 0.821. The van der Waals surface area contributed by atoms with E-state index in [0.717, 1.165) is 6.26 Å². The van der Waals surface area contributed by atoms with Crippen LogP contribution < -0.4 is 10.0 Å². The molecule has 1 aromatic carbocycles. The van der Waals surface area contributed by atoms with Gasteiger partial charge in [0.25, 0.3) is 5.91 Å². The highest BCUT2D eigenvalue weighted by Crippen LogP contribution is 2.24. The Morgan fingerprint density at radius 3 is 2.36 bits per heavy atom. The summed E-state index contributed by atoms with van der Waals surface area (Å²) in [5.74, 6) is -0.602. The molecule has 22 heavy (non-hydrogen) atoms. The molecule has 0 unspecified atom stereocenters. The van der Waals surface area contributed by atoms with Crippen LogP contribution in [0.4, 0.5) is 11.4 Å². The van der Waals surface area contributed by atoms with Crippen molar-refractivity contribution in [3.05, 3.63) is 52.3 Å². The maximum atomic E-state index is 12.2. The summed E-state index contributed by atoms with van der Waals surface area (Å²) < 4.78 is 25.0. The van der Waals surface area contributed by atoms with Crippen molar-refractivity contribution in [3.63, 3.8) is 0 Å². The van der Waals surface area contributed by atoms with Crippen LogP contribution in [0.5, 0.6) is 0 Å². The smallest absolute Gasteiger partial charge is 0.275 e. The van der Waals surface area contributed by atoms with Crippen molar-refractivity contribution < 1.29 is 13.2 Å². The van der Waals surface area contributed by atoms with Crippen molar-refractivity contribution in [2.75, 3.05) is 16.3 Å². The largest absolute Gasteiger partial charge is 0.319 e. The predicted molar refractivity (Wildman–Crippen MR) is 87.1 cm³/mol. The lowest BCUT2D eigenvalue weighted by atomic mass is 10.2. The molecule has 0 fully saturated rings. The maximum Gasteiger partial charge on any atom is 0.275 e. The van der Waals surface area contributed by atoms with Gasteiger partial charge in [0.05, 0.1) is 22.7 Å². The molecular weight excluding hydrogens is 349 g/mol. The first kappa shape index (κ1) is 16.5. The molecule has 2 rings (SSSR count). The fraction of sp³-hybridized carbons (Fsp3) is 0.0769. The highest BCUT2D eigenvalue weighted by atomic mass is 35.5. The predicted octanol–water partition coefficient (Wildman–Crippen LogP) is 3.01. The summed E-state index contributed by atoms with van der Waals surface area (Å²) >= 11 is 11.7. The lowest BCUT2D eigenvalue weighted by Crippen LogP contribution is -2.17. The Labute approximate surface area is 137 Å². The Morgan fingerprint density at radius 1 is 1.09 bits per heavy atom. The third-order valence-corrected chi connectivity index (χ3v) is 3.60. The minimum absolute atomic E-state index is 0.0525. The van der Waals surface area contributed by atoms with Crippen molar-refractivity contribution in [1.29, 1.82) is 0 Å². The van der Waals surface area contributed by atoms with E-state index in [1.54, 1.807) is 18.2 Å². The topological polar surface area (TPSA) is 88.2 Å². The number of pyridine rings is 1. The van der Waals surface area contributed by atoms with Gasteiger partial charge in [0.15, 0.2) is 0 Å². The number of anilines is 2. The fourth-order valence-electron chi connectivity index (χ4n) is 1.64. The summed E-state index contributed by atoms with van der Waals surface area (Å²) in [6.07, 6.45) is 1.01. The third kappa shape index (κ3) is 4.33. The second-order valence-electron chi connectivity index (χ2n) is 4.34. The van der Waals surface area contributed by atoms with Gasteiger partial charge in [-0.2, -0.15) is 0 Å². The fourth-order valence-corrected chi connectivity index (χ4v) is 2.56. The van der Waals surface area contributed by atoms with Crippen LogP contribution in [0, 0.1) is 0 Å². The van der Waals surface area contributed by atoms with Crippen LogP contribution >= 0.6 is 23.2 Å². The van der Waals surface area contributed by atoms with Gasteiger partial charge in [-0.25, -0.2) is 13.4 Å². The summed E-state index contributed by atoms with van der Waals surface area (Å²) in [5.41, 5.74) is 0.454. The van der Waals surface area contributed by atoms with Crippen molar-refractivity contribution in [1.82, 2.24) is 4.98 Å². The monoisotopic (exact) mass is 359 g/mol. The van der Waals surface area contributed by atoms with Gasteiger partial charge < -0.3 is 5.32 Å². The minimum atomic E-state index is -3.48. The molecule has 0 atom stereocenters. The first-order chi connectivity index (χ1) is 10.3. The second kappa shape index (κ2) is 6.51. The number of hydrogen-bond donors (Lipinski definition) is 2. The average Bonchev–Trinajstić information content (AvgIpc) is 2.42. The van der Waals surface area contributed by atoms with Crippen LogP contribution in [0.25, 0.3) is 0 Å². The summed E-state index contributed by atoms with van der Waals surface area (Å²) in [6.45, 7) is 0. The van der Waals surface area contributed by atoms with Crippen LogP contribution in [-0.4, -0.2) is 25.6 Å². The van der Waals surface area contributed by atoms with Crippen LogP contribution in [-0.2, 0) is 10.0 Å². The molecule has 0 saturated heterocycles. The maximum absolute atomic E-state index is 12.2. The van der Waals surface area contributed by atoms with E-state index in [0.29, 0.717) is 0 Å². The van der Waals surface area contributed by atoms with Crippen molar-refractivity contribution in [2.45, 2.75) is 0 Å². The van der Waals surface area contributed by atoms with Crippen LogP contribution in [0.3, 0.4) is 0 Å². The van der Waals surface area contributed by atoms with E-state index in [-0.39, 0.29) is 27.2 Å². The summed E-state index contributed by atoms with van der Waals surface area (Å²) in [4.78, 5) is 16.1. The Kier molecular flexibility index (Phi) is 4.90. The van der Waals surface area contributed by atoms with Crippen LogP contribution in [0.1, 0.15) is 10.5 Å². The number of sulfonamides is 1. The average molecular weight is 360 g/mol. The van der Waals surface area contributed by atoms with E-state index < -0.39 is 15.9 Å². The lowest BCUT2D eigenvalue weighted by Gasteiger charge is -2.12. The number of rotatable bonds is 4. The number of amides is 1. The van der Waals surface area contributed by atoms with E-state index in [1.807, 2.05) is 0 Å². The number of carbonyl (C=O) groups is 1. The molecular formula is C13H11Cl2N3O3S.